The topological polar surface area (TPSA) is 21.6 Å². The molecule has 3 rings (SSSR count). The van der Waals surface area contributed by atoms with Crippen molar-refractivity contribution in [1.29, 1.82) is 0 Å². The zero-order valence-corrected chi connectivity index (χ0v) is 14.4. The van der Waals surface area contributed by atoms with E-state index in [1.165, 1.54) is 49.8 Å². The average molecular weight is 360 g/mol. The largest absolute Gasteiger partial charge is 0.416 e. The molecule has 0 atom stereocenters. The van der Waals surface area contributed by atoms with Gasteiger partial charge in [-0.05, 0) is 42.0 Å². The molecule has 1 aliphatic rings. The van der Waals surface area contributed by atoms with Gasteiger partial charge in [0.2, 0.25) is 0 Å². The highest BCUT2D eigenvalue weighted by Gasteiger charge is 2.29. The van der Waals surface area contributed by atoms with E-state index in [0.29, 0.717) is 11.5 Å². The van der Waals surface area contributed by atoms with Crippen LogP contribution >= 0.6 is 0 Å². The van der Waals surface area contributed by atoms with Crippen LogP contribution in [0.2, 0.25) is 0 Å². The molecule has 0 N–H and O–H groups in total. The smallest absolute Gasteiger partial charge is 0.390 e. The first-order valence-corrected chi connectivity index (χ1v) is 8.87. The summed E-state index contributed by atoms with van der Waals surface area (Å²) in [4.78, 5) is 5.22. The molecule has 0 bridgehead atoms. The number of rotatable bonds is 5. The number of benzene rings is 2. The van der Waals surface area contributed by atoms with E-state index in [4.69, 9.17) is 4.84 Å². The Balaban J connectivity index is 1.59. The first kappa shape index (κ1) is 18.5. The van der Waals surface area contributed by atoms with Crippen molar-refractivity contribution < 1.29 is 18.0 Å². The summed E-state index contributed by atoms with van der Waals surface area (Å²) >= 11 is 0. The first-order valence-electron chi connectivity index (χ1n) is 8.87. The highest BCUT2D eigenvalue weighted by molar-refractivity contribution is 5.81. The van der Waals surface area contributed by atoms with Crippen molar-refractivity contribution in [3.63, 3.8) is 0 Å². The van der Waals surface area contributed by atoms with E-state index in [1.807, 2.05) is 18.2 Å². The zero-order chi connectivity index (χ0) is 18.4. The van der Waals surface area contributed by atoms with Gasteiger partial charge >= 0.3 is 6.18 Å². The molecule has 0 aromatic heterocycles. The lowest BCUT2D eigenvalue weighted by Gasteiger charge is -2.23. The van der Waals surface area contributed by atoms with Gasteiger partial charge in [0.1, 0.15) is 12.8 Å². The fourth-order valence-electron chi connectivity index (χ4n) is 3.35. The van der Waals surface area contributed by atoms with Crippen molar-refractivity contribution in [2.75, 3.05) is 0 Å². The van der Waals surface area contributed by atoms with E-state index >= 15 is 0 Å². The second-order valence-electron chi connectivity index (χ2n) is 6.59. The van der Waals surface area contributed by atoms with E-state index in [1.54, 1.807) is 0 Å². The van der Waals surface area contributed by atoms with Gasteiger partial charge in [-0.15, -0.1) is 0 Å². The van der Waals surface area contributed by atoms with Crippen molar-refractivity contribution in [2.45, 2.75) is 50.8 Å². The van der Waals surface area contributed by atoms with Crippen molar-refractivity contribution in [3.8, 4) is 0 Å². The Morgan fingerprint density at radius 1 is 0.962 bits per heavy atom. The minimum Gasteiger partial charge on any atom is -0.390 e. The highest BCUT2D eigenvalue weighted by Crippen LogP contribution is 2.34. The fourth-order valence-corrected chi connectivity index (χ4v) is 3.35. The quantitative estimate of drug-likeness (QED) is 0.461. The second kappa shape index (κ2) is 8.39. The first-order chi connectivity index (χ1) is 12.5. The molecular formula is C21H21F3NO. The summed E-state index contributed by atoms with van der Waals surface area (Å²) < 4.78 is 37.6. The normalized spacial score (nSPS) is 16.1. The predicted octanol–water partition coefficient (Wildman–Crippen LogP) is 6.18. The van der Waals surface area contributed by atoms with Gasteiger partial charge in [0.25, 0.3) is 0 Å². The summed E-state index contributed by atoms with van der Waals surface area (Å²) in [6, 6.07) is 12.9. The average Bonchev–Trinajstić information content (AvgIpc) is 2.66. The van der Waals surface area contributed by atoms with Crippen LogP contribution in [0.4, 0.5) is 13.2 Å². The summed E-state index contributed by atoms with van der Waals surface area (Å²) in [6.45, 7) is 0.108. The van der Waals surface area contributed by atoms with Crippen LogP contribution in [0, 0.1) is 0 Å². The number of hydrogen-bond acceptors (Lipinski definition) is 2. The molecule has 0 heterocycles. The Morgan fingerprint density at radius 2 is 1.65 bits per heavy atom. The molecule has 1 saturated carbocycles. The van der Waals surface area contributed by atoms with Crippen molar-refractivity contribution in [3.05, 3.63) is 70.8 Å². The van der Waals surface area contributed by atoms with Crippen molar-refractivity contribution in [1.82, 2.24) is 0 Å². The van der Waals surface area contributed by atoms with Gasteiger partial charge in [0.15, 0.2) is 0 Å². The summed E-state index contributed by atoms with van der Waals surface area (Å²) in [6.07, 6.45) is 4.78. The number of nitrogens with zero attached hydrogens (tertiary/aromatic N) is 1. The summed E-state index contributed by atoms with van der Waals surface area (Å²) in [7, 11) is 0. The molecule has 0 spiro atoms. The number of alkyl halides is 3. The van der Waals surface area contributed by atoms with E-state index in [0.717, 1.165) is 17.7 Å². The second-order valence-corrected chi connectivity index (χ2v) is 6.59. The minimum absolute atomic E-state index is 0.108. The van der Waals surface area contributed by atoms with Crippen LogP contribution in [0.1, 0.15) is 60.3 Å². The van der Waals surface area contributed by atoms with Crippen LogP contribution in [0.25, 0.3) is 0 Å². The SMILES string of the molecule is FC(F)(F)c1ccc(CO/N=[C]\c2ccccc2C2CCCCC2)cc1. The van der Waals surface area contributed by atoms with Crippen LogP contribution < -0.4 is 0 Å². The monoisotopic (exact) mass is 360 g/mol. The van der Waals surface area contributed by atoms with E-state index in [2.05, 4.69) is 17.4 Å². The summed E-state index contributed by atoms with van der Waals surface area (Å²) in [5.74, 6) is 0.539. The standard InChI is InChI=1S/C21H21F3NO/c22-21(23,24)19-12-10-16(11-13-19)15-26-25-14-18-8-4-5-9-20(18)17-6-2-1-3-7-17/h4-5,8-13,17H,1-3,6-7,15H2. The third-order valence-electron chi connectivity index (χ3n) is 4.75. The Kier molecular flexibility index (Phi) is 5.96. The highest BCUT2D eigenvalue weighted by atomic mass is 19.4. The third-order valence-corrected chi connectivity index (χ3v) is 4.75. The zero-order valence-electron chi connectivity index (χ0n) is 14.4. The van der Waals surface area contributed by atoms with Crippen LogP contribution in [0.5, 0.6) is 0 Å². The maximum Gasteiger partial charge on any atom is 0.416 e. The molecule has 0 unspecified atom stereocenters. The maximum absolute atomic E-state index is 12.5. The van der Waals surface area contributed by atoms with Gasteiger partial charge in [-0.1, -0.05) is 60.8 Å². The van der Waals surface area contributed by atoms with Crippen LogP contribution in [-0.4, -0.2) is 6.21 Å². The number of hydrogen-bond donors (Lipinski definition) is 0. The molecule has 2 aromatic rings. The Hall–Kier alpha value is -2.30. The lowest BCUT2D eigenvalue weighted by atomic mass is 9.82. The molecule has 0 saturated heterocycles. The van der Waals surface area contributed by atoms with Gasteiger partial charge in [-0.2, -0.15) is 13.2 Å². The molecule has 0 aliphatic heterocycles. The van der Waals surface area contributed by atoms with Crippen LogP contribution in [-0.2, 0) is 17.6 Å². The van der Waals surface area contributed by atoms with E-state index in [-0.39, 0.29) is 6.61 Å². The Labute approximate surface area is 151 Å². The molecule has 0 amide bonds. The molecule has 1 radical (unpaired) electrons. The van der Waals surface area contributed by atoms with Gasteiger partial charge in [0, 0.05) is 5.56 Å². The lowest BCUT2D eigenvalue weighted by Crippen LogP contribution is -2.07. The van der Waals surface area contributed by atoms with Gasteiger partial charge in [-0.25, -0.2) is 0 Å². The number of halogens is 3. The fraction of sp³-hybridized carbons (Fsp3) is 0.381. The maximum atomic E-state index is 12.5. The molecule has 5 heteroatoms. The van der Waals surface area contributed by atoms with E-state index in [9.17, 15) is 13.2 Å². The molecule has 2 nitrogen and oxygen atoms in total. The Morgan fingerprint density at radius 3 is 2.35 bits per heavy atom. The van der Waals surface area contributed by atoms with Gasteiger partial charge in [0.05, 0.1) is 5.56 Å². The van der Waals surface area contributed by atoms with Crippen molar-refractivity contribution >= 4 is 6.21 Å². The molecule has 1 fully saturated rings. The lowest BCUT2D eigenvalue weighted by molar-refractivity contribution is -0.137. The molecule has 1 aliphatic carbocycles. The minimum atomic E-state index is -4.33. The van der Waals surface area contributed by atoms with Crippen LogP contribution in [0.15, 0.2) is 53.7 Å². The summed E-state index contributed by atoms with van der Waals surface area (Å²) in [5, 5.41) is 3.89. The predicted molar refractivity (Wildman–Crippen MR) is 95.0 cm³/mol. The van der Waals surface area contributed by atoms with Gasteiger partial charge in [-0.3, -0.25) is 0 Å². The molecular weight excluding hydrogens is 339 g/mol. The Bertz CT molecular complexity index is 732. The van der Waals surface area contributed by atoms with Crippen molar-refractivity contribution in [2.24, 2.45) is 5.16 Å². The molecule has 137 valence electrons. The van der Waals surface area contributed by atoms with E-state index < -0.39 is 11.7 Å². The van der Waals surface area contributed by atoms with Gasteiger partial charge < -0.3 is 4.84 Å². The molecule has 2 aromatic carbocycles. The van der Waals surface area contributed by atoms with Crippen LogP contribution in [0.3, 0.4) is 0 Å². The third kappa shape index (κ3) is 4.87. The summed E-state index contributed by atoms with van der Waals surface area (Å²) in [5.41, 5.74) is 2.13. The molecule has 26 heavy (non-hydrogen) atoms.